The summed E-state index contributed by atoms with van der Waals surface area (Å²) in [6.07, 6.45) is 15.7. The molecule has 0 spiro atoms. The molecule has 254 valence electrons. The smallest absolute Gasteiger partial charge is 0.550 e. The molecule has 0 radical (unpaired) electrons. The summed E-state index contributed by atoms with van der Waals surface area (Å²) in [6.45, 7) is 0. The van der Waals surface area contributed by atoms with Crippen molar-refractivity contribution in [2.45, 2.75) is 154 Å². The van der Waals surface area contributed by atoms with Gasteiger partial charge in [0.2, 0.25) is 0 Å². The molecule has 45 heavy (non-hydrogen) atoms. The van der Waals surface area contributed by atoms with Crippen LogP contribution in [0.4, 0.5) is 0 Å². The van der Waals surface area contributed by atoms with E-state index in [1.807, 2.05) is 0 Å². The van der Waals surface area contributed by atoms with Gasteiger partial charge in [0.1, 0.15) is 0 Å². The van der Waals surface area contributed by atoms with Crippen LogP contribution < -0.4 is 30.6 Å². The van der Waals surface area contributed by atoms with Crippen LogP contribution in [0.3, 0.4) is 0 Å². The normalized spacial score (nSPS) is 9.33. The molecule has 2 N–H and O–H groups in total. The van der Waals surface area contributed by atoms with Crippen molar-refractivity contribution in [3.63, 3.8) is 0 Å². The Balaban J connectivity index is -0.000000123. The molecule has 0 aromatic heterocycles. The molecule has 0 aliphatic rings. The predicted octanol–water partition coefficient (Wildman–Crippen LogP) is -2.77. The van der Waals surface area contributed by atoms with E-state index in [1.165, 1.54) is 0 Å². The van der Waals surface area contributed by atoms with Crippen LogP contribution in [0.15, 0.2) is 0 Å². The van der Waals surface area contributed by atoms with Crippen molar-refractivity contribution < 1.29 is 64.9 Å². The number of unbranched alkanes of at least 4 members (excludes halogenated alkanes) is 15. The minimum Gasteiger partial charge on any atom is -0.550 e. The minimum atomic E-state index is -0.998. The third kappa shape index (κ3) is 69.8. The number of carboxylic acid groups (broad SMARTS) is 6. The number of carboxylic acids is 6. The fraction of sp³-hybridized carbons (Fsp3) is 0.800. The van der Waals surface area contributed by atoms with Gasteiger partial charge < -0.3 is 64.9 Å². The molecular weight excluding hydrogens is 622 g/mol. The number of aliphatic carboxylic acids is 6. The van der Waals surface area contributed by atoms with E-state index in [-0.39, 0.29) is 78.7 Å². The largest absolute Gasteiger partial charge is 3.00 e. The molecule has 0 heterocycles. The fourth-order valence-corrected chi connectivity index (χ4v) is 3.74. The summed E-state index contributed by atoms with van der Waals surface area (Å²) in [6, 6.07) is 0. The summed E-state index contributed by atoms with van der Waals surface area (Å²) < 4.78 is 0. The summed E-state index contributed by atoms with van der Waals surface area (Å²) in [5, 5.41) is 60.2. The first-order valence-corrected chi connectivity index (χ1v) is 15.1. The number of rotatable bonds is 27. The molecular formula is C30H50Al2O13. The molecule has 0 bridgehead atoms. The topological polar surface area (TPSA) is 272 Å². The van der Waals surface area contributed by atoms with E-state index >= 15 is 0 Å². The van der Waals surface area contributed by atoms with Crippen molar-refractivity contribution in [2.24, 2.45) is 0 Å². The second kappa shape index (κ2) is 44.0. The van der Waals surface area contributed by atoms with Gasteiger partial charge in [-0.2, -0.15) is 0 Å². The molecule has 0 aromatic carbocycles. The van der Waals surface area contributed by atoms with Gasteiger partial charge in [-0.05, 0) is 77.0 Å². The van der Waals surface area contributed by atoms with Gasteiger partial charge in [0.25, 0.3) is 0 Å². The number of carbonyl (C=O) groups is 6. The van der Waals surface area contributed by atoms with E-state index in [0.717, 1.165) is 77.0 Å². The second-order valence-corrected chi connectivity index (χ2v) is 10.1. The van der Waals surface area contributed by atoms with Gasteiger partial charge in [-0.25, -0.2) is 0 Å². The zero-order valence-corrected chi connectivity index (χ0v) is 28.8. The van der Waals surface area contributed by atoms with Crippen LogP contribution in [0.1, 0.15) is 154 Å². The quantitative estimate of drug-likeness (QED) is 0.0634. The number of hydrogen-bond donors (Lipinski definition) is 0. The Morgan fingerprint density at radius 3 is 0.422 bits per heavy atom. The predicted molar refractivity (Wildman–Crippen MR) is 156 cm³/mol. The van der Waals surface area contributed by atoms with Crippen LogP contribution in [0.25, 0.3) is 0 Å². The molecule has 0 atom stereocenters. The van der Waals surface area contributed by atoms with E-state index in [1.54, 1.807) is 0 Å². The molecule has 13 nitrogen and oxygen atoms in total. The average molecular weight is 673 g/mol. The molecule has 0 aliphatic carbocycles. The Morgan fingerprint density at radius 1 is 0.244 bits per heavy atom. The van der Waals surface area contributed by atoms with E-state index in [4.69, 9.17) is 0 Å². The average Bonchev–Trinajstić information content (AvgIpc) is 2.88. The molecule has 0 amide bonds. The summed E-state index contributed by atoms with van der Waals surface area (Å²) in [5.41, 5.74) is 0. The maximum absolute atomic E-state index is 10.0. The summed E-state index contributed by atoms with van der Waals surface area (Å²) >= 11 is 0. The number of hydrogen-bond acceptors (Lipinski definition) is 12. The summed E-state index contributed by atoms with van der Waals surface area (Å²) in [4.78, 5) is 60.2. The molecule has 0 saturated heterocycles. The first-order valence-electron chi connectivity index (χ1n) is 15.1. The fourth-order valence-electron chi connectivity index (χ4n) is 3.74. The number of carbonyl (C=O) groups excluding carboxylic acids is 6. The van der Waals surface area contributed by atoms with Gasteiger partial charge in [-0.3, -0.25) is 0 Å². The van der Waals surface area contributed by atoms with Crippen molar-refractivity contribution in [3.05, 3.63) is 0 Å². The van der Waals surface area contributed by atoms with E-state index in [2.05, 4.69) is 0 Å². The van der Waals surface area contributed by atoms with Crippen LogP contribution >= 0.6 is 0 Å². The summed E-state index contributed by atoms with van der Waals surface area (Å²) in [5.74, 6) is -5.99. The monoisotopic (exact) mass is 672 g/mol. The summed E-state index contributed by atoms with van der Waals surface area (Å²) in [7, 11) is 0. The molecule has 0 unspecified atom stereocenters. The third-order valence-electron chi connectivity index (χ3n) is 6.04. The molecule has 15 heteroatoms. The Hall–Kier alpha value is -2.16. The van der Waals surface area contributed by atoms with Gasteiger partial charge in [-0.1, -0.05) is 77.0 Å². The van der Waals surface area contributed by atoms with Gasteiger partial charge in [0, 0.05) is 35.8 Å². The van der Waals surface area contributed by atoms with Crippen LogP contribution in [-0.4, -0.2) is 76.0 Å². The van der Waals surface area contributed by atoms with Crippen LogP contribution in [-0.2, 0) is 28.8 Å². The van der Waals surface area contributed by atoms with Crippen LogP contribution in [0.5, 0.6) is 0 Å². The minimum absolute atomic E-state index is 0. The third-order valence-corrected chi connectivity index (χ3v) is 6.04. The van der Waals surface area contributed by atoms with Crippen LogP contribution in [0, 0.1) is 0 Å². The van der Waals surface area contributed by atoms with E-state index in [9.17, 15) is 59.4 Å². The molecule has 0 aromatic rings. The van der Waals surface area contributed by atoms with Gasteiger partial charge in [0.05, 0.1) is 0 Å². The Kier molecular flexibility index (Phi) is 54.0. The van der Waals surface area contributed by atoms with Crippen molar-refractivity contribution in [2.75, 3.05) is 0 Å². The van der Waals surface area contributed by atoms with Crippen molar-refractivity contribution in [1.82, 2.24) is 0 Å². The zero-order valence-electron chi connectivity index (χ0n) is 26.5. The Bertz CT molecular complexity index is 580. The second-order valence-electron chi connectivity index (χ2n) is 10.1. The van der Waals surface area contributed by atoms with Crippen LogP contribution in [0.2, 0.25) is 0 Å². The Labute approximate surface area is 288 Å². The van der Waals surface area contributed by atoms with E-state index in [0.29, 0.717) is 38.5 Å². The van der Waals surface area contributed by atoms with Gasteiger partial charge in [-0.15, -0.1) is 0 Å². The van der Waals surface area contributed by atoms with Gasteiger partial charge in [0.15, 0.2) is 0 Å². The van der Waals surface area contributed by atoms with Gasteiger partial charge >= 0.3 is 34.7 Å². The first-order chi connectivity index (χ1) is 19.9. The van der Waals surface area contributed by atoms with Crippen molar-refractivity contribution >= 4 is 70.5 Å². The molecule has 0 rings (SSSR count). The van der Waals surface area contributed by atoms with Crippen molar-refractivity contribution in [1.29, 1.82) is 0 Å². The zero-order chi connectivity index (χ0) is 32.4. The van der Waals surface area contributed by atoms with Crippen molar-refractivity contribution in [3.8, 4) is 0 Å². The standard InChI is InChI=1S/3C10H18O4.2Al.H2O/c3*11-9(12)7-5-3-1-2-4-6-8-10(13)14;;;/h3*1-8H2,(H,11,12)(H,13,14);;;1H2/q;;;2*+3;/p-6. The first kappa shape index (κ1) is 55.3. The SMILES string of the molecule is O.O=C([O-])CCCCCCCCC(=O)[O-].O=C([O-])CCCCCCCCC(=O)[O-].O=C([O-])CCCCCCCCC(=O)[O-].[Al+3].[Al+3]. The maximum Gasteiger partial charge on any atom is 3.00 e. The molecule has 0 fully saturated rings. The Morgan fingerprint density at radius 2 is 0.333 bits per heavy atom. The van der Waals surface area contributed by atoms with E-state index < -0.39 is 35.8 Å². The molecule has 0 saturated carbocycles. The maximum atomic E-state index is 10.0. The molecule has 0 aliphatic heterocycles.